The van der Waals surface area contributed by atoms with Crippen molar-refractivity contribution in [2.24, 2.45) is 0 Å². The molecule has 0 saturated heterocycles. The first-order valence-electron chi connectivity index (χ1n) is 6.51. The van der Waals surface area contributed by atoms with Gasteiger partial charge < -0.3 is 5.32 Å². The largest absolute Gasteiger partial charge is 0.325 e. The molecular formula is C14H10N4O4S. The van der Waals surface area contributed by atoms with Crippen molar-refractivity contribution in [3.05, 3.63) is 62.5 Å². The summed E-state index contributed by atoms with van der Waals surface area (Å²) in [6, 6.07) is 7.11. The Morgan fingerprint density at radius 2 is 2.04 bits per heavy atom. The van der Waals surface area contributed by atoms with E-state index in [1.54, 1.807) is 11.4 Å². The highest BCUT2D eigenvalue weighted by Crippen LogP contribution is 2.16. The van der Waals surface area contributed by atoms with Gasteiger partial charge in [-0.2, -0.15) is 0 Å². The SMILES string of the molecule is O=C(Cn1cnc2sccc2c1=O)Nc1ccc([N+](=O)[O-])cc1. The van der Waals surface area contributed by atoms with Crippen LogP contribution in [-0.4, -0.2) is 20.4 Å². The topological polar surface area (TPSA) is 107 Å². The van der Waals surface area contributed by atoms with Crippen molar-refractivity contribution in [1.29, 1.82) is 0 Å². The molecule has 0 aliphatic heterocycles. The number of benzene rings is 1. The van der Waals surface area contributed by atoms with E-state index in [-0.39, 0.29) is 17.8 Å². The van der Waals surface area contributed by atoms with E-state index in [0.717, 1.165) is 0 Å². The van der Waals surface area contributed by atoms with E-state index >= 15 is 0 Å². The lowest BCUT2D eigenvalue weighted by atomic mass is 10.3. The number of amides is 1. The van der Waals surface area contributed by atoms with Crippen molar-refractivity contribution in [3.63, 3.8) is 0 Å². The zero-order chi connectivity index (χ0) is 16.4. The molecule has 0 spiro atoms. The van der Waals surface area contributed by atoms with Gasteiger partial charge in [-0.1, -0.05) is 0 Å². The molecule has 0 radical (unpaired) electrons. The quantitative estimate of drug-likeness (QED) is 0.581. The second-order valence-corrected chi connectivity index (χ2v) is 5.56. The smallest absolute Gasteiger partial charge is 0.269 e. The van der Waals surface area contributed by atoms with Crippen LogP contribution < -0.4 is 10.9 Å². The summed E-state index contributed by atoms with van der Waals surface area (Å²) in [6.07, 6.45) is 1.33. The Hall–Kier alpha value is -3.07. The Bertz CT molecular complexity index is 945. The van der Waals surface area contributed by atoms with Crippen LogP contribution in [0.2, 0.25) is 0 Å². The molecule has 0 unspecified atom stereocenters. The Morgan fingerprint density at radius 1 is 1.30 bits per heavy atom. The third-order valence-corrected chi connectivity index (χ3v) is 3.95. The van der Waals surface area contributed by atoms with Gasteiger partial charge in [-0.3, -0.25) is 24.3 Å². The first-order chi connectivity index (χ1) is 11.0. The van der Waals surface area contributed by atoms with E-state index in [9.17, 15) is 19.7 Å². The lowest BCUT2D eigenvalue weighted by Gasteiger charge is -2.07. The van der Waals surface area contributed by atoms with Gasteiger partial charge in [-0.15, -0.1) is 11.3 Å². The van der Waals surface area contributed by atoms with Crippen molar-refractivity contribution in [2.75, 3.05) is 5.32 Å². The first kappa shape index (κ1) is 14.9. The van der Waals surface area contributed by atoms with Gasteiger partial charge in [-0.25, -0.2) is 4.98 Å². The van der Waals surface area contributed by atoms with Gasteiger partial charge in [0.15, 0.2) is 0 Å². The van der Waals surface area contributed by atoms with E-state index in [2.05, 4.69) is 10.3 Å². The van der Waals surface area contributed by atoms with Crippen LogP contribution in [0.5, 0.6) is 0 Å². The van der Waals surface area contributed by atoms with Crippen molar-refractivity contribution in [2.45, 2.75) is 6.54 Å². The molecule has 0 bridgehead atoms. The number of nitrogens with one attached hydrogen (secondary N) is 1. The summed E-state index contributed by atoms with van der Waals surface area (Å²) in [5.74, 6) is -0.419. The lowest BCUT2D eigenvalue weighted by molar-refractivity contribution is -0.384. The molecule has 0 atom stereocenters. The highest BCUT2D eigenvalue weighted by molar-refractivity contribution is 7.16. The molecule has 2 heterocycles. The molecule has 9 heteroatoms. The molecule has 1 N–H and O–H groups in total. The van der Waals surface area contributed by atoms with Crippen LogP contribution in [0.25, 0.3) is 10.2 Å². The standard InChI is InChI=1S/C14H10N4O4S/c19-12(16-9-1-3-10(4-2-9)18(21)22)7-17-8-15-13-11(14(17)20)5-6-23-13/h1-6,8H,7H2,(H,16,19). The number of hydrogen-bond donors (Lipinski definition) is 1. The zero-order valence-corrected chi connectivity index (χ0v) is 12.4. The Morgan fingerprint density at radius 3 is 2.74 bits per heavy atom. The monoisotopic (exact) mass is 330 g/mol. The molecule has 23 heavy (non-hydrogen) atoms. The molecule has 0 fully saturated rings. The third kappa shape index (κ3) is 3.09. The van der Waals surface area contributed by atoms with Crippen LogP contribution in [-0.2, 0) is 11.3 Å². The van der Waals surface area contributed by atoms with Crippen LogP contribution in [0.1, 0.15) is 0 Å². The molecule has 0 aliphatic rings. The minimum absolute atomic E-state index is 0.0636. The maximum absolute atomic E-state index is 12.2. The number of rotatable bonds is 4. The number of fused-ring (bicyclic) bond motifs is 1. The van der Waals surface area contributed by atoms with Crippen LogP contribution in [0.4, 0.5) is 11.4 Å². The van der Waals surface area contributed by atoms with Gasteiger partial charge in [0, 0.05) is 17.8 Å². The first-order valence-corrected chi connectivity index (χ1v) is 7.39. The molecule has 1 amide bonds. The second-order valence-electron chi connectivity index (χ2n) is 4.67. The number of nitrogens with zero attached hydrogens (tertiary/aromatic N) is 3. The fourth-order valence-electron chi connectivity index (χ4n) is 2.03. The summed E-state index contributed by atoms with van der Waals surface area (Å²) in [6.45, 7) is -0.186. The van der Waals surface area contributed by atoms with E-state index in [1.807, 2.05) is 0 Å². The van der Waals surface area contributed by atoms with E-state index in [1.165, 1.54) is 46.5 Å². The van der Waals surface area contributed by atoms with Crippen molar-refractivity contribution < 1.29 is 9.72 Å². The fourth-order valence-corrected chi connectivity index (χ4v) is 2.75. The summed E-state index contributed by atoms with van der Waals surface area (Å²) >= 11 is 1.36. The number of nitro groups is 1. The van der Waals surface area contributed by atoms with Crippen LogP contribution in [0.15, 0.2) is 46.8 Å². The molecule has 0 aliphatic carbocycles. The summed E-state index contributed by atoms with van der Waals surface area (Å²) < 4.78 is 1.22. The summed E-state index contributed by atoms with van der Waals surface area (Å²) in [5, 5.41) is 15.4. The predicted molar refractivity (Wildman–Crippen MR) is 85.6 cm³/mol. The van der Waals surface area contributed by atoms with Crippen molar-refractivity contribution in [1.82, 2.24) is 9.55 Å². The van der Waals surface area contributed by atoms with Crippen molar-refractivity contribution in [3.8, 4) is 0 Å². The molecule has 0 saturated carbocycles. The van der Waals surface area contributed by atoms with Gasteiger partial charge >= 0.3 is 0 Å². The number of hydrogen-bond acceptors (Lipinski definition) is 6. The molecule has 116 valence electrons. The van der Waals surface area contributed by atoms with Crippen LogP contribution >= 0.6 is 11.3 Å². The normalized spacial score (nSPS) is 10.6. The van der Waals surface area contributed by atoms with Gasteiger partial charge in [0.2, 0.25) is 5.91 Å². The summed E-state index contributed by atoms with van der Waals surface area (Å²) in [4.78, 5) is 39.0. The van der Waals surface area contributed by atoms with E-state index in [0.29, 0.717) is 15.9 Å². The number of non-ortho nitro benzene ring substituents is 1. The Balaban J connectivity index is 1.74. The zero-order valence-electron chi connectivity index (χ0n) is 11.6. The molecule has 3 aromatic rings. The number of thiophene rings is 1. The van der Waals surface area contributed by atoms with Crippen LogP contribution in [0.3, 0.4) is 0 Å². The Kier molecular flexibility index (Phi) is 3.85. The number of nitro benzene ring substituents is 1. The average Bonchev–Trinajstić information content (AvgIpc) is 3.00. The average molecular weight is 330 g/mol. The predicted octanol–water partition coefficient (Wildman–Crippen LogP) is 2.00. The van der Waals surface area contributed by atoms with Gasteiger partial charge in [0.05, 0.1) is 16.6 Å². The number of aromatic nitrogens is 2. The maximum Gasteiger partial charge on any atom is 0.269 e. The third-order valence-electron chi connectivity index (χ3n) is 3.13. The number of carbonyl (C=O) groups is 1. The minimum Gasteiger partial charge on any atom is -0.325 e. The van der Waals surface area contributed by atoms with Crippen LogP contribution in [0, 0.1) is 10.1 Å². The summed E-state index contributed by atoms with van der Waals surface area (Å²) in [7, 11) is 0. The summed E-state index contributed by atoms with van der Waals surface area (Å²) in [5.41, 5.74) is 0.0691. The molecule has 2 aromatic heterocycles. The van der Waals surface area contributed by atoms with Gasteiger partial charge in [-0.05, 0) is 23.6 Å². The molecule has 1 aromatic carbocycles. The fraction of sp³-hybridized carbons (Fsp3) is 0.0714. The van der Waals surface area contributed by atoms with Gasteiger partial charge in [0.25, 0.3) is 11.2 Å². The number of carbonyl (C=O) groups excluding carboxylic acids is 1. The van der Waals surface area contributed by atoms with E-state index in [4.69, 9.17) is 0 Å². The van der Waals surface area contributed by atoms with Crippen molar-refractivity contribution >= 4 is 38.8 Å². The van der Waals surface area contributed by atoms with E-state index < -0.39 is 10.8 Å². The molecular weight excluding hydrogens is 320 g/mol. The highest BCUT2D eigenvalue weighted by Gasteiger charge is 2.10. The molecule has 3 rings (SSSR count). The highest BCUT2D eigenvalue weighted by atomic mass is 32.1. The lowest BCUT2D eigenvalue weighted by Crippen LogP contribution is -2.27. The number of anilines is 1. The minimum atomic E-state index is -0.521. The Labute approximate surface area is 133 Å². The molecule has 8 nitrogen and oxygen atoms in total. The second kappa shape index (κ2) is 5.97. The van der Waals surface area contributed by atoms with Gasteiger partial charge in [0.1, 0.15) is 11.4 Å². The maximum atomic E-state index is 12.2.